The Morgan fingerprint density at radius 1 is 1.43 bits per heavy atom. The molecule has 2 bridgehead atoms. The van der Waals surface area contributed by atoms with Crippen LogP contribution in [0.3, 0.4) is 0 Å². The fraction of sp³-hybridized carbons (Fsp3) is 0.444. The van der Waals surface area contributed by atoms with Crippen LogP contribution in [0.25, 0.3) is 0 Å². The first kappa shape index (κ1) is 11.9. The van der Waals surface area contributed by atoms with Crippen LogP contribution >= 0.6 is 0 Å². The van der Waals surface area contributed by atoms with E-state index < -0.39 is 0 Å². The van der Waals surface area contributed by atoms with E-state index in [2.05, 4.69) is 35.4 Å². The van der Waals surface area contributed by atoms with Crippen molar-refractivity contribution in [3.8, 4) is 5.75 Å². The molecule has 0 radical (unpaired) electrons. The summed E-state index contributed by atoms with van der Waals surface area (Å²) >= 11 is 0. The van der Waals surface area contributed by atoms with Gasteiger partial charge in [-0.2, -0.15) is 0 Å². The van der Waals surface area contributed by atoms with E-state index in [9.17, 15) is 5.11 Å². The minimum absolute atomic E-state index is 0.152. The molecule has 2 saturated heterocycles. The number of phenols is 1. The van der Waals surface area contributed by atoms with E-state index in [4.69, 9.17) is 0 Å². The standard InChI is InChI=1S/C18H20N2O/c1-2-11-10-20-6-5-18-14-4-3-13(21)9-15(14)19-16(18)7-12(11)8-17(18)20/h2-4,7,9,12,17,19,21H,5-6,8,10H2,1H3. The number of rotatable bonds is 0. The summed E-state index contributed by atoms with van der Waals surface area (Å²) < 4.78 is 0. The molecule has 108 valence electrons. The van der Waals surface area contributed by atoms with Crippen molar-refractivity contribution in [2.75, 3.05) is 18.4 Å². The summed E-state index contributed by atoms with van der Waals surface area (Å²) in [5, 5.41) is 13.4. The van der Waals surface area contributed by atoms with Crippen molar-refractivity contribution >= 4 is 5.69 Å². The Labute approximate surface area is 125 Å². The number of allylic oxidation sites excluding steroid dienone is 2. The van der Waals surface area contributed by atoms with Crippen molar-refractivity contribution in [2.24, 2.45) is 5.92 Å². The maximum absolute atomic E-state index is 9.79. The lowest BCUT2D eigenvalue weighted by molar-refractivity contribution is 0.171. The van der Waals surface area contributed by atoms with Crippen LogP contribution in [0.15, 0.2) is 41.6 Å². The van der Waals surface area contributed by atoms with Crippen LogP contribution in [-0.2, 0) is 5.41 Å². The molecule has 3 unspecified atom stereocenters. The second kappa shape index (κ2) is 3.72. The van der Waals surface area contributed by atoms with Crippen molar-refractivity contribution in [3.05, 3.63) is 47.2 Å². The van der Waals surface area contributed by atoms with Crippen molar-refractivity contribution in [1.29, 1.82) is 0 Å². The summed E-state index contributed by atoms with van der Waals surface area (Å²) in [7, 11) is 0. The topological polar surface area (TPSA) is 35.5 Å². The highest BCUT2D eigenvalue weighted by Crippen LogP contribution is 2.59. The van der Waals surface area contributed by atoms with Gasteiger partial charge in [0.05, 0.1) is 5.41 Å². The average molecular weight is 280 g/mol. The summed E-state index contributed by atoms with van der Waals surface area (Å²) in [6.45, 7) is 4.47. The Balaban J connectivity index is 1.75. The van der Waals surface area contributed by atoms with Crippen molar-refractivity contribution < 1.29 is 5.11 Å². The minimum atomic E-state index is 0.152. The number of aromatic hydroxyl groups is 1. The number of piperidine rings is 1. The zero-order valence-electron chi connectivity index (χ0n) is 12.3. The van der Waals surface area contributed by atoms with Crippen LogP contribution < -0.4 is 5.32 Å². The van der Waals surface area contributed by atoms with E-state index in [0.29, 0.717) is 17.7 Å². The van der Waals surface area contributed by atoms with E-state index in [1.807, 2.05) is 12.1 Å². The molecule has 4 aliphatic rings. The number of hydrogen-bond acceptors (Lipinski definition) is 3. The van der Waals surface area contributed by atoms with E-state index >= 15 is 0 Å². The molecular formula is C18H20N2O. The summed E-state index contributed by atoms with van der Waals surface area (Å²) in [4.78, 5) is 2.67. The molecule has 0 aromatic heterocycles. The number of anilines is 1. The fourth-order valence-corrected chi connectivity index (χ4v) is 5.16. The third kappa shape index (κ3) is 1.29. The Hall–Kier alpha value is -1.74. The first-order chi connectivity index (χ1) is 10.2. The molecular weight excluding hydrogens is 260 g/mol. The molecule has 1 aromatic rings. The number of benzene rings is 1. The van der Waals surface area contributed by atoms with Crippen LogP contribution in [0.1, 0.15) is 25.3 Å². The zero-order chi connectivity index (χ0) is 14.2. The number of fused-ring (bicyclic) bond motifs is 2. The van der Waals surface area contributed by atoms with Crippen molar-refractivity contribution in [1.82, 2.24) is 4.90 Å². The minimum Gasteiger partial charge on any atom is -0.508 e. The molecule has 0 amide bonds. The molecule has 0 saturated carbocycles. The molecule has 1 spiro atoms. The van der Waals surface area contributed by atoms with Gasteiger partial charge in [0.1, 0.15) is 5.75 Å². The maximum atomic E-state index is 9.79. The number of nitrogens with zero attached hydrogens (tertiary/aromatic N) is 1. The second-order valence-electron chi connectivity index (χ2n) is 6.85. The van der Waals surface area contributed by atoms with Gasteiger partial charge in [-0.1, -0.05) is 23.8 Å². The third-order valence-corrected chi connectivity index (χ3v) is 6.11. The first-order valence-corrected chi connectivity index (χ1v) is 7.94. The van der Waals surface area contributed by atoms with Gasteiger partial charge in [-0.15, -0.1) is 0 Å². The van der Waals surface area contributed by atoms with E-state index in [1.165, 1.54) is 30.6 Å². The number of nitrogens with one attached hydrogen (secondary N) is 1. The van der Waals surface area contributed by atoms with Gasteiger partial charge in [-0.3, -0.25) is 4.90 Å². The van der Waals surface area contributed by atoms with Gasteiger partial charge < -0.3 is 10.4 Å². The van der Waals surface area contributed by atoms with Gasteiger partial charge in [-0.25, -0.2) is 0 Å². The van der Waals surface area contributed by atoms with Crippen LogP contribution in [0.5, 0.6) is 5.75 Å². The van der Waals surface area contributed by atoms with Crippen LogP contribution in [0.4, 0.5) is 5.69 Å². The van der Waals surface area contributed by atoms with Gasteiger partial charge in [0.25, 0.3) is 0 Å². The maximum Gasteiger partial charge on any atom is 0.117 e. The monoisotopic (exact) mass is 280 g/mol. The number of hydrogen-bond donors (Lipinski definition) is 2. The van der Waals surface area contributed by atoms with Crippen LogP contribution in [0, 0.1) is 5.92 Å². The molecule has 1 aromatic carbocycles. The Morgan fingerprint density at radius 3 is 3.19 bits per heavy atom. The molecule has 2 fully saturated rings. The van der Waals surface area contributed by atoms with Crippen LogP contribution in [-0.4, -0.2) is 29.1 Å². The van der Waals surface area contributed by atoms with Gasteiger partial charge in [0.15, 0.2) is 0 Å². The molecule has 5 rings (SSSR count). The van der Waals surface area contributed by atoms with Gasteiger partial charge in [0, 0.05) is 42.5 Å². The summed E-state index contributed by atoms with van der Waals surface area (Å²) in [5.41, 5.74) is 5.60. The molecule has 2 N–H and O–H groups in total. The Morgan fingerprint density at radius 2 is 2.33 bits per heavy atom. The van der Waals surface area contributed by atoms with Crippen molar-refractivity contribution in [3.63, 3.8) is 0 Å². The normalized spacial score (nSPS) is 38.0. The fourth-order valence-electron chi connectivity index (χ4n) is 5.16. The van der Waals surface area contributed by atoms with E-state index in [-0.39, 0.29) is 5.41 Å². The first-order valence-electron chi connectivity index (χ1n) is 7.94. The Bertz CT molecular complexity index is 705. The molecule has 3 heterocycles. The summed E-state index contributed by atoms with van der Waals surface area (Å²) in [6.07, 6.45) is 7.20. The van der Waals surface area contributed by atoms with Crippen molar-refractivity contribution in [2.45, 2.75) is 31.2 Å². The smallest absolute Gasteiger partial charge is 0.117 e. The highest BCUT2D eigenvalue weighted by atomic mass is 16.3. The number of phenolic OH excluding ortho intramolecular Hbond substituents is 1. The zero-order valence-corrected chi connectivity index (χ0v) is 12.3. The lowest BCUT2D eigenvalue weighted by Crippen LogP contribution is -2.51. The van der Waals surface area contributed by atoms with E-state index in [1.54, 1.807) is 5.57 Å². The highest BCUT2D eigenvalue weighted by molar-refractivity contribution is 5.72. The lowest BCUT2D eigenvalue weighted by Gasteiger charge is -2.46. The molecule has 3 atom stereocenters. The average Bonchev–Trinajstić information content (AvgIpc) is 3.01. The predicted octanol–water partition coefficient (Wildman–Crippen LogP) is 2.99. The summed E-state index contributed by atoms with van der Waals surface area (Å²) in [5.74, 6) is 0.941. The highest BCUT2D eigenvalue weighted by Gasteiger charge is 2.58. The van der Waals surface area contributed by atoms with E-state index in [0.717, 1.165) is 12.2 Å². The SMILES string of the molecule is CC=C1CN2CCC34C(=CC1CC23)Nc1cc(O)ccc14. The summed E-state index contributed by atoms with van der Waals surface area (Å²) in [6, 6.07) is 6.47. The predicted molar refractivity (Wildman–Crippen MR) is 83.3 cm³/mol. The lowest BCUT2D eigenvalue weighted by atomic mass is 9.64. The molecule has 3 heteroatoms. The van der Waals surface area contributed by atoms with Gasteiger partial charge >= 0.3 is 0 Å². The van der Waals surface area contributed by atoms with Gasteiger partial charge in [0.2, 0.25) is 0 Å². The molecule has 3 nitrogen and oxygen atoms in total. The van der Waals surface area contributed by atoms with Crippen LogP contribution in [0.2, 0.25) is 0 Å². The molecule has 1 aliphatic carbocycles. The quantitative estimate of drug-likeness (QED) is 0.717. The molecule has 21 heavy (non-hydrogen) atoms. The molecule has 3 aliphatic heterocycles. The second-order valence-corrected chi connectivity index (χ2v) is 6.85. The third-order valence-electron chi connectivity index (χ3n) is 6.11. The van der Waals surface area contributed by atoms with Gasteiger partial charge in [-0.05, 0) is 31.4 Å². The Kier molecular flexibility index (Phi) is 2.10. The largest absolute Gasteiger partial charge is 0.508 e.